The first kappa shape index (κ1) is 67.8. The highest BCUT2D eigenvalue weighted by Crippen LogP contribution is 2.13. The number of ether oxygens (including phenoxy) is 3. The molecule has 5 nitrogen and oxygen atoms in total. The summed E-state index contributed by atoms with van der Waals surface area (Å²) in [6, 6.07) is 0. The van der Waals surface area contributed by atoms with Crippen LogP contribution in [0.25, 0.3) is 0 Å². The molecule has 5 heteroatoms. The summed E-state index contributed by atoms with van der Waals surface area (Å²) in [5, 5.41) is 0. The lowest BCUT2D eigenvalue weighted by atomic mass is 10.1. The molecular formula is C67H108O5. The van der Waals surface area contributed by atoms with Crippen LogP contribution in [0.1, 0.15) is 239 Å². The Labute approximate surface area is 444 Å². The second-order valence-electron chi connectivity index (χ2n) is 18.7. The summed E-state index contributed by atoms with van der Waals surface area (Å²) >= 11 is 0. The lowest BCUT2D eigenvalue weighted by Gasteiger charge is -2.18. The summed E-state index contributed by atoms with van der Waals surface area (Å²) in [6.07, 6.45) is 88.7. The second-order valence-corrected chi connectivity index (χ2v) is 18.7. The third-order valence-electron chi connectivity index (χ3n) is 11.9. The third kappa shape index (κ3) is 58.4. The normalized spacial score (nSPS) is 13.3. The molecule has 0 rings (SSSR count). The highest BCUT2D eigenvalue weighted by molar-refractivity contribution is 5.70. The van der Waals surface area contributed by atoms with Gasteiger partial charge in [0.2, 0.25) is 0 Å². The van der Waals surface area contributed by atoms with Gasteiger partial charge in [0.05, 0.1) is 6.61 Å². The maximum Gasteiger partial charge on any atom is 0.306 e. The fourth-order valence-electron chi connectivity index (χ4n) is 7.60. The van der Waals surface area contributed by atoms with E-state index in [0.29, 0.717) is 19.4 Å². The van der Waals surface area contributed by atoms with Crippen molar-refractivity contribution in [1.82, 2.24) is 0 Å². The summed E-state index contributed by atoms with van der Waals surface area (Å²) in [4.78, 5) is 25.6. The zero-order chi connectivity index (χ0) is 52.0. The van der Waals surface area contributed by atoms with Crippen LogP contribution >= 0.6 is 0 Å². The van der Waals surface area contributed by atoms with E-state index in [-0.39, 0.29) is 25.2 Å². The number of unbranched alkanes of at least 4 members (excludes halogenated alkanes) is 17. The molecule has 0 bridgehead atoms. The van der Waals surface area contributed by atoms with Gasteiger partial charge in [-0.3, -0.25) is 9.59 Å². The Morgan fingerprint density at radius 1 is 0.306 bits per heavy atom. The third-order valence-corrected chi connectivity index (χ3v) is 11.9. The van der Waals surface area contributed by atoms with Gasteiger partial charge >= 0.3 is 11.9 Å². The summed E-state index contributed by atoms with van der Waals surface area (Å²) in [7, 11) is 0. The van der Waals surface area contributed by atoms with Crippen molar-refractivity contribution >= 4 is 11.9 Å². The summed E-state index contributed by atoms with van der Waals surface area (Å²) in [6.45, 7) is 7.41. The Balaban J connectivity index is 4.42. The van der Waals surface area contributed by atoms with Gasteiger partial charge in [-0.2, -0.15) is 0 Å². The van der Waals surface area contributed by atoms with Crippen LogP contribution in [0.2, 0.25) is 0 Å². The van der Waals surface area contributed by atoms with E-state index in [2.05, 4.69) is 167 Å². The molecule has 406 valence electrons. The number of allylic oxidation sites excluding steroid dienone is 24. The zero-order valence-electron chi connectivity index (χ0n) is 46.6. The van der Waals surface area contributed by atoms with Crippen LogP contribution < -0.4 is 0 Å². The molecule has 0 aromatic heterocycles. The minimum Gasteiger partial charge on any atom is -0.462 e. The molecule has 72 heavy (non-hydrogen) atoms. The van der Waals surface area contributed by atoms with Crippen LogP contribution in [0.5, 0.6) is 0 Å². The van der Waals surface area contributed by atoms with E-state index in [4.69, 9.17) is 14.2 Å². The van der Waals surface area contributed by atoms with Crippen LogP contribution in [0.3, 0.4) is 0 Å². The molecule has 0 aromatic rings. The molecule has 0 spiro atoms. The van der Waals surface area contributed by atoms with Gasteiger partial charge in [0, 0.05) is 19.4 Å². The maximum absolute atomic E-state index is 12.9. The smallest absolute Gasteiger partial charge is 0.306 e. The molecule has 0 amide bonds. The fraction of sp³-hybridized carbons (Fsp3) is 0.612. The van der Waals surface area contributed by atoms with Crippen molar-refractivity contribution in [2.45, 2.75) is 245 Å². The van der Waals surface area contributed by atoms with Crippen molar-refractivity contribution < 1.29 is 23.8 Å². The summed E-state index contributed by atoms with van der Waals surface area (Å²) < 4.78 is 17.5. The van der Waals surface area contributed by atoms with Crippen molar-refractivity contribution in [3.05, 3.63) is 146 Å². The first-order valence-electron chi connectivity index (χ1n) is 29.4. The number of esters is 2. The fourth-order valence-corrected chi connectivity index (χ4v) is 7.60. The molecule has 1 unspecified atom stereocenters. The molecule has 0 N–H and O–H groups in total. The Morgan fingerprint density at radius 2 is 0.583 bits per heavy atom. The van der Waals surface area contributed by atoms with Gasteiger partial charge in [0.1, 0.15) is 6.61 Å². The predicted molar refractivity (Wildman–Crippen MR) is 315 cm³/mol. The number of hydrogen-bond donors (Lipinski definition) is 0. The molecule has 0 aliphatic heterocycles. The van der Waals surface area contributed by atoms with E-state index in [1.807, 2.05) is 0 Å². The zero-order valence-corrected chi connectivity index (χ0v) is 46.6. The van der Waals surface area contributed by atoms with Crippen LogP contribution in [-0.2, 0) is 23.8 Å². The van der Waals surface area contributed by atoms with Crippen molar-refractivity contribution in [2.24, 2.45) is 0 Å². The van der Waals surface area contributed by atoms with Gasteiger partial charge in [-0.05, 0) is 135 Å². The number of carbonyl (C=O) groups is 2. The quantitative estimate of drug-likeness (QED) is 0.0345. The van der Waals surface area contributed by atoms with E-state index < -0.39 is 6.10 Å². The highest BCUT2D eigenvalue weighted by Gasteiger charge is 2.17. The lowest BCUT2D eigenvalue weighted by molar-refractivity contribution is -0.163. The molecule has 0 aromatic carbocycles. The summed E-state index contributed by atoms with van der Waals surface area (Å²) in [5.41, 5.74) is 0. The number of hydrogen-bond acceptors (Lipinski definition) is 5. The van der Waals surface area contributed by atoms with Gasteiger partial charge in [-0.1, -0.05) is 237 Å². The Bertz CT molecular complexity index is 1540. The molecule has 1 atom stereocenters. The largest absolute Gasteiger partial charge is 0.462 e. The van der Waals surface area contributed by atoms with Gasteiger partial charge in [0.15, 0.2) is 6.10 Å². The molecule has 0 saturated carbocycles. The standard InChI is InChI=1S/C67H108O5/c1-4-7-10-13-16-19-22-25-28-31-33-35-38-41-44-47-50-53-56-59-62-70-63-65(72-67(69)61-58-55-52-49-46-43-40-36-30-27-24-21-18-15-12-9-6-3)64-71-66(68)60-57-54-51-48-45-42-39-37-34-32-29-26-23-20-17-14-11-8-5-2/h7-12,16-21,25-30,33-35,37,42,45,65H,4-6,13-15,22-24,31-32,36,38-41,43-44,46-64H2,1-3H3/b10-7-,11-8-,12-9-,19-16-,20-17-,21-18-,28-25-,29-26-,30-27-,35-33-,37-34-,45-42-. The van der Waals surface area contributed by atoms with Crippen LogP contribution in [0.4, 0.5) is 0 Å². The van der Waals surface area contributed by atoms with E-state index in [1.54, 1.807) is 0 Å². The number of carbonyl (C=O) groups excluding carboxylic acids is 2. The van der Waals surface area contributed by atoms with Crippen molar-refractivity contribution in [2.75, 3.05) is 19.8 Å². The molecule has 0 aliphatic carbocycles. The van der Waals surface area contributed by atoms with Gasteiger partial charge in [-0.25, -0.2) is 0 Å². The molecule has 0 aliphatic rings. The maximum atomic E-state index is 12.9. The predicted octanol–water partition coefficient (Wildman–Crippen LogP) is 20.5. The molecule has 0 radical (unpaired) electrons. The lowest BCUT2D eigenvalue weighted by Crippen LogP contribution is -2.30. The molecule has 0 saturated heterocycles. The van der Waals surface area contributed by atoms with Crippen LogP contribution in [0.15, 0.2) is 146 Å². The monoisotopic (exact) mass is 993 g/mol. The molecular weight excluding hydrogens is 885 g/mol. The average Bonchev–Trinajstić information content (AvgIpc) is 3.38. The van der Waals surface area contributed by atoms with Gasteiger partial charge in [0.25, 0.3) is 0 Å². The van der Waals surface area contributed by atoms with Crippen molar-refractivity contribution in [3.63, 3.8) is 0 Å². The van der Waals surface area contributed by atoms with Crippen molar-refractivity contribution in [3.8, 4) is 0 Å². The molecule has 0 heterocycles. The highest BCUT2D eigenvalue weighted by atomic mass is 16.6. The topological polar surface area (TPSA) is 61.8 Å². The van der Waals surface area contributed by atoms with E-state index in [1.165, 1.54) is 57.8 Å². The van der Waals surface area contributed by atoms with E-state index >= 15 is 0 Å². The minimum absolute atomic E-state index is 0.0497. The van der Waals surface area contributed by atoms with Crippen LogP contribution in [0, 0.1) is 0 Å². The van der Waals surface area contributed by atoms with Gasteiger partial charge in [-0.15, -0.1) is 0 Å². The molecule has 0 fully saturated rings. The van der Waals surface area contributed by atoms with E-state index in [0.717, 1.165) is 148 Å². The Morgan fingerprint density at radius 3 is 0.944 bits per heavy atom. The first-order chi connectivity index (χ1) is 35.6. The minimum atomic E-state index is -0.574. The summed E-state index contributed by atoms with van der Waals surface area (Å²) in [5.74, 6) is -0.459. The SMILES string of the molecule is CC/C=C\C/C=C\C/C=C\C/C=C\C/C=C\CCCCCC(=O)OCC(COCCCCCCCCC/C=C\C/C=C\C/C=C\C/C=C\CC)OC(=O)CCCCCCCCC/C=C\C/C=C\C/C=C\CC. The van der Waals surface area contributed by atoms with Crippen molar-refractivity contribution in [1.29, 1.82) is 0 Å². The second kappa shape index (κ2) is 61.1. The number of rotatable bonds is 52. The first-order valence-corrected chi connectivity index (χ1v) is 29.4. The van der Waals surface area contributed by atoms with Gasteiger partial charge < -0.3 is 14.2 Å². The Kier molecular flexibility index (Phi) is 57.5. The Hall–Kier alpha value is -4.22. The van der Waals surface area contributed by atoms with E-state index in [9.17, 15) is 9.59 Å². The van der Waals surface area contributed by atoms with Crippen LogP contribution in [-0.4, -0.2) is 37.9 Å². The average molecular weight is 994 g/mol.